The van der Waals surface area contributed by atoms with Gasteiger partial charge in [-0.25, -0.2) is 0 Å². The molecule has 0 aliphatic rings. The van der Waals surface area contributed by atoms with Crippen molar-refractivity contribution in [3.8, 4) is 0 Å². The maximum Gasteiger partial charge on any atom is 0.224 e. The molecule has 0 fully saturated rings. The van der Waals surface area contributed by atoms with E-state index in [2.05, 4.69) is 15.6 Å². The molecule has 0 radical (unpaired) electrons. The summed E-state index contributed by atoms with van der Waals surface area (Å²) in [4.78, 5) is 15.5. The van der Waals surface area contributed by atoms with Crippen molar-refractivity contribution in [2.24, 2.45) is 5.92 Å². The SMILES string of the molecule is CNCC(C)C(=O)NCc1ccncc1. The third kappa shape index (κ3) is 4.08. The lowest BCUT2D eigenvalue weighted by atomic mass is 10.1. The number of amides is 1. The molecule has 1 aromatic rings. The molecule has 0 saturated carbocycles. The lowest BCUT2D eigenvalue weighted by Crippen LogP contribution is -2.33. The van der Waals surface area contributed by atoms with Gasteiger partial charge in [0.2, 0.25) is 5.91 Å². The van der Waals surface area contributed by atoms with Crippen LogP contribution in [0.15, 0.2) is 24.5 Å². The van der Waals surface area contributed by atoms with Gasteiger partial charge in [0.1, 0.15) is 0 Å². The Morgan fingerprint density at radius 2 is 2.13 bits per heavy atom. The van der Waals surface area contributed by atoms with Crippen molar-refractivity contribution in [3.63, 3.8) is 0 Å². The van der Waals surface area contributed by atoms with Crippen LogP contribution in [-0.4, -0.2) is 24.5 Å². The number of hydrogen-bond donors (Lipinski definition) is 2. The summed E-state index contributed by atoms with van der Waals surface area (Å²) in [6, 6.07) is 3.78. The summed E-state index contributed by atoms with van der Waals surface area (Å²) < 4.78 is 0. The van der Waals surface area contributed by atoms with E-state index in [0.717, 1.165) is 5.56 Å². The van der Waals surface area contributed by atoms with Crippen molar-refractivity contribution in [1.82, 2.24) is 15.6 Å². The number of hydrogen-bond acceptors (Lipinski definition) is 3. The molecule has 4 heteroatoms. The van der Waals surface area contributed by atoms with Crippen LogP contribution in [0, 0.1) is 5.92 Å². The van der Waals surface area contributed by atoms with Crippen LogP contribution in [-0.2, 0) is 11.3 Å². The van der Waals surface area contributed by atoms with Crippen LogP contribution in [0.2, 0.25) is 0 Å². The highest BCUT2D eigenvalue weighted by atomic mass is 16.1. The molecular formula is C11H17N3O. The minimum Gasteiger partial charge on any atom is -0.352 e. The van der Waals surface area contributed by atoms with Crippen LogP contribution < -0.4 is 10.6 Å². The Kier molecular flexibility index (Phi) is 4.77. The Bertz CT molecular complexity index is 300. The third-order valence-electron chi connectivity index (χ3n) is 2.17. The summed E-state index contributed by atoms with van der Waals surface area (Å²) in [6.45, 7) is 3.16. The molecule has 2 N–H and O–H groups in total. The van der Waals surface area contributed by atoms with E-state index in [9.17, 15) is 4.79 Å². The maximum atomic E-state index is 11.5. The number of pyridine rings is 1. The molecule has 1 unspecified atom stereocenters. The Labute approximate surface area is 90.1 Å². The van der Waals surface area contributed by atoms with Gasteiger partial charge < -0.3 is 10.6 Å². The molecule has 1 rings (SSSR count). The monoisotopic (exact) mass is 207 g/mol. The van der Waals surface area contributed by atoms with Crippen LogP contribution in [0.4, 0.5) is 0 Å². The van der Waals surface area contributed by atoms with Gasteiger partial charge in [0.25, 0.3) is 0 Å². The van der Waals surface area contributed by atoms with Crippen LogP contribution in [0.1, 0.15) is 12.5 Å². The second-order valence-corrected chi connectivity index (χ2v) is 3.53. The van der Waals surface area contributed by atoms with Gasteiger partial charge in [0.15, 0.2) is 0 Å². The van der Waals surface area contributed by atoms with Gasteiger partial charge in [-0.3, -0.25) is 9.78 Å². The predicted molar refractivity (Wildman–Crippen MR) is 59.2 cm³/mol. The van der Waals surface area contributed by atoms with Crippen LogP contribution in [0.25, 0.3) is 0 Å². The third-order valence-corrected chi connectivity index (χ3v) is 2.17. The van der Waals surface area contributed by atoms with Crippen LogP contribution >= 0.6 is 0 Å². The molecule has 0 bridgehead atoms. The summed E-state index contributed by atoms with van der Waals surface area (Å²) in [6.07, 6.45) is 3.44. The zero-order valence-electron chi connectivity index (χ0n) is 9.16. The van der Waals surface area contributed by atoms with Crippen LogP contribution in [0.3, 0.4) is 0 Å². The standard InChI is InChI=1S/C11H17N3O/c1-9(7-12-2)11(15)14-8-10-3-5-13-6-4-10/h3-6,9,12H,7-8H2,1-2H3,(H,14,15). The predicted octanol–water partition coefficient (Wildman–Crippen LogP) is 0.553. The highest BCUT2D eigenvalue weighted by molar-refractivity contribution is 5.78. The summed E-state index contributed by atoms with van der Waals surface area (Å²) in [5.41, 5.74) is 1.06. The van der Waals surface area contributed by atoms with Gasteiger partial charge in [-0.05, 0) is 24.7 Å². The fraction of sp³-hybridized carbons (Fsp3) is 0.455. The zero-order chi connectivity index (χ0) is 11.1. The van der Waals surface area contributed by atoms with Crippen molar-refractivity contribution in [2.45, 2.75) is 13.5 Å². The van der Waals surface area contributed by atoms with Gasteiger partial charge >= 0.3 is 0 Å². The zero-order valence-corrected chi connectivity index (χ0v) is 9.16. The largest absolute Gasteiger partial charge is 0.352 e. The molecule has 1 aromatic heterocycles. The molecule has 0 aliphatic carbocycles. The van der Waals surface area contributed by atoms with Crippen molar-refractivity contribution in [2.75, 3.05) is 13.6 Å². The Morgan fingerprint density at radius 1 is 1.47 bits per heavy atom. The molecule has 1 atom stereocenters. The summed E-state index contributed by atoms with van der Waals surface area (Å²) in [5.74, 6) is 0.0676. The Morgan fingerprint density at radius 3 is 2.73 bits per heavy atom. The number of rotatable bonds is 5. The lowest BCUT2D eigenvalue weighted by Gasteiger charge is -2.11. The van der Waals surface area contributed by atoms with Gasteiger partial charge in [0.05, 0.1) is 0 Å². The fourth-order valence-corrected chi connectivity index (χ4v) is 1.26. The Balaban J connectivity index is 2.34. The smallest absolute Gasteiger partial charge is 0.224 e. The first-order valence-corrected chi connectivity index (χ1v) is 5.05. The molecule has 1 amide bonds. The number of nitrogens with one attached hydrogen (secondary N) is 2. The second kappa shape index (κ2) is 6.14. The molecule has 4 nitrogen and oxygen atoms in total. The normalized spacial score (nSPS) is 12.1. The quantitative estimate of drug-likeness (QED) is 0.741. The molecule has 1 heterocycles. The summed E-state index contributed by atoms with van der Waals surface area (Å²) in [5, 5.41) is 5.85. The van der Waals surface area contributed by atoms with Crippen molar-refractivity contribution < 1.29 is 4.79 Å². The first kappa shape index (κ1) is 11.7. The number of carbonyl (C=O) groups excluding carboxylic acids is 1. The van der Waals surface area contributed by atoms with E-state index in [1.54, 1.807) is 12.4 Å². The molecule has 0 saturated heterocycles. The number of nitrogens with zero attached hydrogens (tertiary/aromatic N) is 1. The molecule has 0 aliphatic heterocycles. The number of carbonyl (C=O) groups is 1. The first-order valence-electron chi connectivity index (χ1n) is 5.05. The Hall–Kier alpha value is -1.42. The highest BCUT2D eigenvalue weighted by Crippen LogP contribution is 1.97. The van der Waals surface area contributed by atoms with E-state index in [-0.39, 0.29) is 11.8 Å². The molecule has 0 aromatic carbocycles. The lowest BCUT2D eigenvalue weighted by molar-refractivity contribution is -0.124. The molecule has 82 valence electrons. The van der Waals surface area contributed by atoms with E-state index >= 15 is 0 Å². The van der Waals surface area contributed by atoms with Crippen LogP contribution in [0.5, 0.6) is 0 Å². The minimum absolute atomic E-state index is 0.00293. The highest BCUT2D eigenvalue weighted by Gasteiger charge is 2.10. The first-order chi connectivity index (χ1) is 7.24. The maximum absolute atomic E-state index is 11.5. The van der Waals surface area contributed by atoms with E-state index in [4.69, 9.17) is 0 Å². The number of aromatic nitrogens is 1. The minimum atomic E-state index is -0.00293. The summed E-state index contributed by atoms with van der Waals surface area (Å²) >= 11 is 0. The summed E-state index contributed by atoms with van der Waals surface area (Å²) in [7, 11) is 1.84. The van der Waals surface area contributed by atoms with Gasteiger partial charge in [-0.15, -0.1) is 0 Å². The van der Waals surface area contributed by atoms with E-state index < -0.39 is 0 Å². The van der Waals surface area contributed by atoms with Crippen molar-refractivity contribution >= 4 is 5.91 Å². The van der Waals surface area contributed by atoms with Gasteiger partial charge in [-0.1, -0.05) is 6.92 Å². The van der Waals surface area contributed by atoms with E-state index in [0.29, 0.717) is 13.1 Å². The van der Waals surface area contributed by atoms with Gasteiger partial charge in [0, 0.05) is 31.4 Å². The topological polar surface area (TPSA) is 54.0 Å². The fourth-order valence-electron chi connectivity index (χ4n) is 1.26. The molecule has 15 heavy (non-hydrogen) atoms. The van der Waals surface area contributed by atoms with E-state index in [1.807, 2.05) is 26.1 Å². The second-order valence-electron chi connectivity index (χ2n) is 3.53. The molecular weight excluding hydrogens is 190 g/mol. The average Bonchev–Trinajstić information content (AvgIpc) is 2.27. The van der Waals surface area contributed by atoms with Crippen molar-refractivity contribution in [1.29, 1.82) is 0 Å². The molecule has 0 spiro atoms. The average molecular weight is 207 g/mol. The van der Waals surface area contributed by atoms with E-state index in [1.165, 1.54) is 0 Å². The van der Waals surface area contributed by atoms with Gasteiger partial charge in [-0.2, -0.15) is 0 Å². The van der Waals surface area contributed by atoms with Crippen molar-refractivity contribution in [3.05, 3.63) is 30.1 Å².